The maximum atomic E-state index is 5.33. The number of nitrogens with one attached hydrogen (secondary N) is 1. The zero-order valence-electron chi connectivity index (χ0n) is 10.1. The van der Waals surface area contributed by atoms with Crippen LogP contribution < -0.4 is 4.74 Å². The van der Waals surface area contributed by atoms with Gasteiger partial charge >= 0.3 is 0 Å². The number of aromatic amines is 1. The third kappa shape index (κ3) is 2.03. The smallest absolute Gasteiger partial charge is 0.213 e. The van der Waals surface area contributed by atoms with Gasteiger partial charge in [-0.1, -0.05) is 0 Å². The van der Waals surface area contributed by atoms with Crippen LogP contribution in [0.15, 0.2) is 18.3 Å². The summed E-state index contributed by atoms with van der Waals surface area (Å²) in [4.78, 5) is 4.26. The Morgan fingerprint density at radius 3 is 2.94 bits per heavy atom. The number of aromatic nitrogens is 4. The molecule has 1 aliphatic carbocycles. The molecule has 2 aromatic heterocycles. The predicted octanol–water partition coefficient (Wildman–Crippen LogP) is 2.60. The molecular formula is C12H14N4OS. The molecule has 18 heavy (non-hydrogen) atoms. The summed E-state index contributed by atoms with van der Waals surface area (Å²) in [5.74, 6) is 2.17. The lowest BCUT2D eigenvalue weighted by atomic mass is 10.3. The summed E-state index contributed by atoms with van der Waals surface area (Å²) < 4.78 is 7.90. The van der Waals surface area contributed by atoms with E-state index in [9.17, 15) is 0 Å². The van der Waals surface area contributed by atoms with Crippen molar-refractivity contribution in [1.82, 2.24) is 19.7 Å². The molecule has 0 aromatic carbocycles. The number of H-pyrrole nitrogens is 1. The van der Waals surface area contributed by atoms with Crippen LogP contribution in [0.1, 0.15) is 31.5 Å². The van der Waals surface area contributed by atoms with Gasteiger partial charge in [0.25, 0.3) is 0 Å². The normalized spacial score (nSPS) is 14.7. The van der Waals surface area contributed by atoms with Crippen LogP contribution in [0.2, 0.25) is 0 Å². The van der Waals surface area contributed by atoms with Crippen LogP contribution in [0.4, 0.5) is 0 Å². The molecule has 0 saturated heterocycles. The minimum Gasteiger partial charge on any atom is -0.478 e. The van der Waals surface area contributed by atoms with E-state index in [0.717, 1.165) is 11.5 Å². The second-order valence-electron chi connectivity index (χ2n) is 4.28. The molecule has 0 radical (unpaired) electrons. The molecule has 0 atom stereocenters. The Balaban J connectivity index is 1.98. The van der Waals surface area contributed by atoms with Crippen LogP contribution in [0.25, 0.3) is 5.69 Å². The molecule has 0 unspecified atom stereocenters. The maximum Gasteiger partial charge on any atom is 0.213 e. The van der Waals surface area contributed by atoms with Gasteiger partial charge in [0.05, 0.1) is 18.5 Å². The van der Waals surface area contributed by atoms with Crippen molar-refractivity contribution in [2.75, 3.05) is 6.61 Å². The van der Waals surface area contributed by atoms with Gasteiger partial charge in [0.2, 0.25) is 5.88 Å². The van der Waals surface area contributed by atoms with Crippen molar-refractivity contribution in [2.24, 2.45) is 0 Å². The van der Waals surface area contributed by atoms with Gasteiger partial charge in [-0.3, -0.25) is 9.67 Å². The van der Waals surface area contributed by atoms with Crippen LogP contribution in [-0.2, 0) is 0 Å². The molecule has 5 nitrogen and oxygen atoms in total. The summed E-state index contributed by atoms with van der Waals surface area (Å²) >= 11 is 5.27. The number of pyridine rings is 1. The number of rotatable bonds is 4. The van der Waals surface area contributed by atoms with Gasteiger partial charge in [0.1, 0.15) is 5.82 Å². The average molecular weight is 262 g/mol. The lowest BCUT2D eigenvalue weighted by molar-refractivity contribution is 0.327. The molecule has 1 N–H and O–H groups in total. The first-order valence-corrected chi connectivity index (χ1v) is 6.47. The molecular weight excluding hydrogens is 248 g/mol. The number of hydrogen-bond acceptors (Lipinski definition) is 4. The second-order valence-corrected chi connectivity index (χ2v) is 4.67. The molecule has 2 aromatic rings. The Morgan fingerprint density at radius 1 is 1.50 bits per heavy atom. The largest absolute Gasteiger partial charge is 0.478 e. The highest BCUT2D eigenvalue weighted by atomic mass is 32.1. The molecule has 2 heterocycles. The molecule has 6 heteroatoms. The first-order valence-electron chi connectivity index (χ1n) is 6.06. The van der Waals surface area contributed by atoms with Crippen LogP contribution in [0.5, 0.6) is 5.88 Å². The Bertz CT molecular complexity index is 597. The summed E-state index contributed by atoms with van der Waals surface area (Å²) in [6.07, 6.45) is 4.14. The number of nitrogens with zero attached hydrogens (tertiary/aromatic N) is 3. The monoisotopic (exact) mass is 262 g/mol. The fraction of sp³-hybridized carbons (Fsp3) is 0.417. The van der Waals surface area contributed by atoms with Crippen LogP contribution in [0, 0.1) is 4.77 Å². The summed E-state index contributed by atoms with van der Waals surface area (Å²) in [6.45, 7) is 2.55. The van der Waals surface area contributed by atoms with E-state index in [2.05, 4.69) is 15.2 Å². The van der Waals surface area contributed by atoms with E-state index < -0.39 is 0 Å². The Hall–Kier alpha value is -1.69. The predicted molar refractivity (Wildman–Crippen MR) is 69.7 cm³/mol. The van der Waals surface area contributed by atoms with Crippen molar-refractivity contribution >= 4 is 12.2 Å². The summed E-state index contributed by atoms with van der Waals surface area (Å²) in [6, 6.07) is 3.81. The summed E-state index contributed by atoms with van der Waals surface area (Å²) in [7, 11) is 0. The van der Waals surface area contributed by atoms with Crippen molar-refractivity contribution < 1.29 is 4.74 Å². The van der Waals surface area contributed by atoms with Gasteiger partial charge in [-0.2, -0.15) is 5.10 Å². The number of hydrogen-bond donors (Lipinski definition) is 1. The van der Waals surface area contributed by atoms with E-state index in [0.29, 0.717) is 23.2 Å². The number of ether oxygens (including phenoxy) is 1. The summed E-state index contributed by atoms with van der Waals surface area (Å²) in [5, 5.41) is 7.15. The first-order chi connectivity index (χ1) is 8.79. The molecule has 94 valence electrons. The molecule has 1 fully saturated rings. The molecule has 0 aliphatic heterocycles. The third-order valence-corrected chi connectivity index (χ3v) is 3.19. The quantitative estimate of drug-likeness (QED) is 0.860. The van der Waals surface area contributed by atoms with Crippen LogP contribution in [-0.4, -0.2) is 26.4 Å². The van der Waals surface area contributed by atoms with Crippen molar-refractivity contribution in [3.05, 3.63) is 28.9 Å². The van der Waals surface area contributed by atoms with Crippen LogP contribution >= 0.6 is 12.2 Å². The van der Waals surface area contributed by atoms with Crippen molar-refractivity contribution in [3.63, 3.8) is 0 Å². The minimum atomic E-state index is 0.532. The minimum absolute atomic E-state index is 0.532. The topological polar surface area (TPSA) is 55.7 Å². The lowest BCUT2D eigenvalue weighted by Crippen LogP contribution is -2.01. The standard InChI is InChI=1S/C12H14N4OS/c1-2-17-10-6-5-9(7-13-10)16-11(8-3-4-8)14-15-12(16)18/h5-8H,2-4H2,1H3,(H,15,18). The second kappa shape index (κ2) is 4.53. The highest BCUT2D eigenvalue weighted by molar-refractivity contribution is 7.71. The molecule has 1 aliphatic rings. The van der Waals surface area contributed by atoms with Gasteiger partial charge in [0.15, 0.2) is 4.77 Å². The van der Waals surface area contributed by atoms with Gasteiger partial charge in [-0.15, -0.1) is 0 Å². The van der Waals surface area contributed by atoms with Crippen LogP contribution in [0.3, 0.4) is 0 Å². The zero-order valence-corrected chi connectivity index (χ0v) is 10.9. The zero-order chi connectivity index (χ0) is 12.5. The fourth-order valence-corrected chi connectivity index (χ4v) is 2.16. The Labute approximate surface area is 110 Å². The summed E-state index contributed by atoms with van der Waals surface area (Å²) in [5.41, 5.74) is 0.930. The molecule has 1 saturated carbocycles. The molecule has 0 spiro atoms. The lowest BCUT2D eigenvalue weighted by Gasteiger charge is -2.06. The van der Waals surface area contributed by atoms with E-state index in [1.54, 1.807) is 6.20 Å². The van der Waals surface area contributed by atoms with Gasteiger partial charge in [0, 0.05) is 12.0 Å². The average Bonchev–Trinajstić information content (AvgIpc) is 3.15. The SMILES string of the molecule is CCOc1ccc(-n2c(C3CC3)n[nH]c2=S)cn1. The van der Waals surface area contributed by atoms with Crippen molar-refractivity contribution in [3.8, 4) is 11.6 Å². The van der Waals surface area contributed by atoms with E-state index in [1.807, 2.05) is 23.6 Å². The van der Waals surface area contributed by atoms with E-state index in [-0.39, 0.29) is 0 Å². The van der Waals surface area contributed by atoms with E-state index in [1.165, 1.54) is 12.8 Å². The van der Waals surface area contributed by atoms with Gasteiger partial charge in [-0.25, -0.2) is 4.98 Å². The Kier molecular flexibility index (Phi) is 2.87. The highest BCUT2D eigenvalue weighted by Crippen LogP contribution is 2.39. The van der Waals surface area contributed by atoms with Gasteiger partial charge < -0.3 is 4.74 Å². The van der Waals surface area contributed by atoms with E-state index in [4.69, 9.17) is 17.0 Å². The molecule has 0 bridgehead atoms. The highest BCUT2D eigenvalue weighted by Gasteiger charge is 2.29. The molecule has 0 amide bonds. The Morgan fingerprint density at radius 2 is 2.33 bits per heavy atom. The first kappa shape index (κ1) is 11.4. The van der Waals surface area contributed by atoms with Crippen molar-refractivity contribution in [1.29, 1.82) is 0 Å². The third-order valence-electron chi connectivity index (χ3n) is 2.91. The van der Waals surface area contributed by atoms with Crippen molar-refractivity contribution in [2.45, 2.75) is 25.7 Å². The maximum absolute atomic E-state index is 5.33. The molecule has 3 rings (SSSR count). The fourth-order valence-electron chi connectivity index (χ4n) is 1.91. The van der Waals surface area contributed by atoms with E-state index >= 15 is 0 Å². The van der Waals surface area contributed by atoms with Gasteiger partial charge in [-0.05, 0) is 38.0 Å².